The fourth-order valence-electron chi connectivity index (χ4n) is 5.24. The Bertz CT molecular complexity index is 1430. The quantitative estimate of drug-likeness (QED) is 0.0356. The highest BCUT2D eigenvalue weighted by molar-refractivity contribution is 6.04. The van der Waals surface area contributed by atoms with Crippen LogP contribution >= 0.6 is 0 Å². The predicted octanol–water partition coefficient (Wildman–Crippen LogP) is 4.03. The summed E-state index contributed by atoms with van der Waals surface area (Å²) in [6, 6.07) is 12.0. The van der Waals surface area contributed by atoms with Gasteiger partial charge in [-0.3, -0.25) is 19.2 Å². The molecule has 0 radical (unpaired) electrons. The van der Waals surface area contributed by atoms with Crippen LogP contribution in [-0.4, -0.2) is 101 Å². The van der Waals surface area contributed by atoms with Crippen LogP contribution in [-0.2, 0) is 39.9 Å². The van der Waals surface area contributed by atoms with E-state index >= 15 is 0 Å². The first kappa shape index (κ1) is 46.3. The Morgan fingerprint density at radius 2 is 1.15 bits per heavy atom. The molecule has 0 aliphatic heterocycles. The van der Waals surface area contributed by atoms with Crippen LogP contribution in [0.5, 0.6) is 0 Å². The molecule has 0 saturated carbocycles. The maximum atomic E-state index is 13.2. The van der Waals surface area contributed by atoms with Gasteiger partial charge in [0.2, 0.25) is 0 Å². The van der Waals surface area contributed by atoms with Gasteiger partial charge in [-0.2, -0.15) is 0 Å². The molecule has 0 unspecified atom stereocenters. The van der Waals surface area contributed by atoms with Gasteiger partial charge < -0.3 is 51.1 Å². The SMILES string of the molecule is COC(=O)[C@@H](N)CCCCCC(=O)c1cc(NC(=O)NCCOCCOCCNC(=O)OCc2ccccc2)cc(C(=O)CCCCC[C@H](N)C(=O)OC)c1. The topological polar surface area (TPSA) is 237 Å². The highest BCUT2D eigenvalue weighted by Crippen LogP contribution is 2.21. The zero-order valence-electron chi connectivity index (χ0n) is 31.9. The molecule has 3 amide bonds. The van der Waals surface area contributed by atoms with Crippen LogP contribution in [0.3, 0.4) is 0 Å². The summed E-state index contributed by atoms with van der Waals surface area (Å²) in [5.41, 5.74) is 13.3. The zero-order chi connectivity index (χ0) is 40.3. The lowest BCUT2D eigenvalue weighted by atomic mass is 9.97. The number of carbonyl (C=O) groups is 6. The Kier molecular flexibility index (Phi) is 23.3. The van der Waals surface area contributed by atoms with E-state index in [2.05, 4.69) is 25.4 Å². The van der Waals surface area contributed by atoms with Crippen LogP contribution < -0.4 is 27.4 Å². The number of benzene rings is 2. The van der Waals surface area contributed by atoms with Crippen molar-refractivity contribution in [2.75, 3.05) is 59.1 Å². The van der Waals surface area contributed by atoms with E-state index in [-0.39, 0.29) is 76.2 Å². The number of ketones is 2. The number of alkyl carbamates (subject to hydrolysis) is 1. The van der Waals surface area contributed by atoms with Crippen molar-refractivity contribution in [2.24, 2.45) is 11.5 Å². The Morgan fingerprint density at radius 3 is 1.65 bits per heavy atom. The Balaban J connectivity index is 1.78. The number of rotatable bonds is 28. The highest BCUT2D eigenvalue weighted by atomic mass is 16.6. The highest BCUT2D eigenvalue weighted by Gasteiger charge is 2.17. The molecule has 0 aromatic heterocycles. The fourth-order valence-corrected chi connectivity index (χ4v) is 5.24. The van der Waals surface area contributed by atoms with E-state index in [0.717, 1.165) is 5.56 Å². The molecule has 2 rings (SSSR count). The van der Waals surface area contributed by atoms with Crippen LogP contribution in [0.15, 0.2) is 48.5 Å². The molecule has 2 aromatic carbocycles. The third-order valence-electron chi connectivity index (χ3n) is 8.31. The number of nitrogens with one attached hydrogen (secondary N) is 3. The molecular formula is C39H57N5O11. The second-order valence-electron chi connectivity index (χ2n) is 12.7. The summed E-state index contributed by atoms with van der Waals surface area (Å²) in [6.07, 6.45) is 4.46. The second kappa shape index (κ2) is 27.6. The summed E-state index contributed by atoms with van der Waals surface area (Å²) in [4.78, 5) is 73.9. The lowest BCUT2D eigenvalue weighted by molar-refractivity contribution is -0.143. The number of esters is 2. The van der Waals surface area contributed by atoms with Crippen molar-refractivity contribution in [1.29, 1.82) is 0 Å². The van der Waals surface area contributed by atoms with Crippen molar-refractivity contribution >= 4 is 41.3 Å². The van der Waals surface area contributed by atoms with E-state index in [1.54, 1.807) is 0 Å². The Morgan fingerprint density at radius 1 is 0.636 bits per heavy atom. The molecule has 0 spiro atoms. The molecule has 0 bridgehead atoms. The molecule has 0 fully saturated rings. The van der Waals surface area contributed by atoms with Gasteiger partial charge in [0, 0.05) is 42.7 Å². The summed E-state index contributed by atoms with van der Waals surface area (Å²) in [5.74, 6) is -1.35. The molecular weight excluding hydrogens is 714 g/mol. The summed E-state index contributed by atoms with van der Waals surface area (Å²) in [7, 11) is 2.56. The number of urea groups is 1. The normalized spacial score (nSPS) is 11.9. The summed E-state index contributed by atoms with van der Waals surface area (Å²) in [6.45, 7) is 1.67. The summed E-state index contributed by atoms with van der Waals surface area (Å²) >= 11 is 0. The average Bonchev–Trinajstić information content (AvgIpc) is 3.19. The van der Waals surface area contributed by atoms with Crippen molar-refractivity contribution in [3.63, 3.8) is 0 Å². The predicted molar refractivity (Wildman–Crippen MR) is 205 cm³/mol. The first-order valence-electron chi connectivity index (χ1n) is 18.6. The lowest BCUT2D eigenvalue weighted by Crippen LogP contribution is -2.32. The number of Topliss-reactive ketones (excluding diaryl/α,β-unsaturated/α-hetero) is 2. The van der Waals surface area contributed by atoms with Gasteiger partial charge in [-0.25, -0.2) is 9.59 Å². The van der Waals surface area contributed by atoms with E-state index in [9.17, 15) is 28.8 Å². The van der Waals surface area contributed by atoms with E-state index in [0.29, 0.717) is 62.5 Å². The third kappa shape index (κ3) is 20.4. The molecule has 2 atom stereocenters. The van der Waals surface area contributed by atoms with Gasteiger partial charge >= 0.3 is 24.1 Å². The van der Waals surface area contributed by atoms with Crippen LogP contribution in [0.25, 0.3) is 0 Å². The van der Waals surface area contributed by atoms with E-state index in [1.807, 2.05) is 30.3 Å². The smallest absolute Gasteiger partial charge is 0.407 e. The second-order valence-corrected chi connectivity index (χ2v) is 12.7. The van der Waals surface area contributed by atoms with Gasteiger partial charge in [0.1, 0.15) is 18.7 Å². The molecule has 16 heteroatoms. The summed E-state index contributed by atoms with van der Waals surface area (Å²) < 4.78 is 25.3. The van der Waals surface area contributed by atoms with Gasteiger partial charge in [0.15, 0.2) is 11.6 Å². The Labute approximate surface area is 322 Å². The maximum absolute atomic E-state index is 13.2. The standard InChI is InChI=1S/C39H57N5O11/c1-51-36(47)32(40)14-8-4-10-16-34(45)29-24-30(35(46)17-11-5-9-15-33(41)37(48)52-2)26-31(25-29)44-38(49)42-18-20-53-22-23-54-21-19-43-39(50)55-27-28-12-6-3-7-13-28/h3,6-7,12-13,24-26,32-33H,4-5,8-11,14-23,27,40-41H2,1-2H3,(H,43,50)(H2,42,44,49)/t32-,33-/m0/s1. The minimum atomic E-state index is -0.711. The molecule has 55 heavy (non-hydrogen) atoms. The number of anilines is 1. The van der Waals surface area contributed by atoms with Gasteiger partial charge in [0.25, 0.3) is 0 Å². The number of amides is 3. The van der Waals surface area contributed by atoms with Gasteiger partial charge in [-0.05, 0) is 49.4 Å². The minimum absolute atomic E-state index is 0.179. The molecule has 304 valence electrons. The molecule has 7 N–H and O–H groups in total. The van der Waals surface area contributed by atoms with Crippen molar-refractivity contribution < 1.29 is 52.5 Å². The molecule has 2 aromatic rings. The number of hydrogen-bond acceptors (Lipinski definition) is 13. The third-order valence-corrected chi connectivity index (χ3v) is 8.31. The van der Waals surface area contributed by atoms with Crippen molar-refractivity contribution in [3.05, 3.63) is 65.2 Å². The number of methoxy groups -OCH3 is 2. The average molecular weight is 772 g/mol. The number of ether oxygens (including phenoxy) is 5. The Hall–Kier alpha value is -4.90. The first-order valence-corrected chi connectivity index (χ1v) is 18.6. The number of carbonyl (C=O) groups excluding carboxylic acids is 6. The number of unbranched alkanes of at least 4 members (excludes halogenated alkanes) is 4. The van der Waals surface area contributed by atoms with Crippen LogP contribution in [0.1, 0.15) is 90.5 Å². The fraction of sp³-hybridized carbons (Fsp3) is 0.538. The van der Waals surface area contributed by atoms with Gasteiger partial charge in [-0.1, -0.05) is 56.0 Å². The van der Waals surface area contributed by atoms with E-state index in [1.165, 1.54) is 32.4 Å². The molecule has 0 aliphatic rings. The zero-order valence-corrected chi connectivity index (χ0v) is 31.9. The van der Waals surface area contributed by atoms with Crippen molar-refractivity contribution in [3.8, 4) is 0 Å². The molecule has 0 heterocycles. The molecule has 16 nitrogen and oxygen atoms in total. The number of nitrogens with two attached hydrogens (primary N) is 2. The van der Waals surface area contributed by atoms with Crippen LogP contribution in [0, 0.1) is 0 Å². The maximum Gasteiger partial charge on any atom is 0.407 e. The largest absolute Gasteiger partial charge is 0.468 e. The lowest BCUT2D eigenvalue weighted by Gasteiger charge is -2.12. The van der Waals surface area contributed by atoms with Gasteiger partial charge in [0.05, 0.1) is 40.6 Å². The molecule has 0 saturated heterocycles. The monoisotopic (exact) mass is 771 g/mol. The molecule has 0 aliphatic carbocycles. The first-order chi connectivity index (χ1) is 26.5. The van der Waals surface area contributed by atoms with Crippen LogP contribution in [0.4, 0.5) is 15.3 Å². The van der Waals surface area contributed by atoms with E-state index < -0.39 is 36.1 Å². The summed E-state index contributed by atoms with van der Waals surface area (Å²) in [5, 5.41) is 7.99. The number of hydrogen-bond donors (Lipinski definition) is 5. The van der Waals surface area contributed by atoms with Crippen LogP contribution in [0.2, 0.25) is 0 Å². The minimum Gasteiger partial charge on any atom is -0.468 e. The van der Waals surface area contributed by atoms with E-state index in [4.69, 9.17) is 25.7 Å². The van der Waals surface area contributed by atoms with Crippen molar-refractivity contribution in [1.82, 2.24) is 10.6 Å². The van der Waals surface area contributed by atoms with Gasteiger partial charge in [-0.15, -0.1) is 0 Å². The van der Waals surface area contributed by atoms with Crippen molar-refractivity contribution in [2.45, 2.75) is 82.9 Å².